The van der Waals surface area contributed by atoms with Crippen LogP contribution in [0.2, 0.25) is 0 Å². The van der Waals surface area contributed by atoms with Crippen LogP contribution in [0.5, 0.6) is 0 Å². The van der Waals surface area contributed by atoms with Crippen LogP contribution in [-0.2, 0) is 30.1 Å². The molecular weight excluding hydrogens is 399 g/mol. The second-order valence-electron chi connectivity index (χ2n) is 8.32. The monoisotopic (exact) mass is 426 g/mol. The summed E-state index contributed by atoms with van der Waals surface area (Å²) in [5.41, 5.74) is 4.68. The van der Waals surface area contributed by atoms with Gasteiger partial charge in [-0.05, 0) is 43.4 Å². The first-order valence-electron chi connectivity index (χ1n) is 10.5. The van der Waals surface area contributed by atoms with E-state index in [-0.39, 0.29) is 35.1 Å². The van der Waals surface area contributed by atoms with Gasteiger partial charge in [0.1, 0.15) is 6.33 Å². The summed E-state index contributed by atoms with van der Waals surface area (Å²) in [5.74, 6) is -2.19. The van der Waals surface area contributed by atoms with Crippen molar-refractivity contribution in [1.82, 2.24) is 9.55 Å². The standard InChI is InChI=1S/C24H27FN2O4/c1-5-24(29,30)18-9-20-22-16(11-27(20)23(28)17(18)12-31-4)15-8-6-7-14(13(2)3)21(15)19(10-25)26-22/h9-10,29-30H,2,5-8,11-12H2,1,3-4H3/b19-10+. The van der Waals surface area contributed by atoms with E-state index in [4.69, 9.17) is 4.74 Å². The lowest BCUT2D eigenvalue weighted by Crippen LogP contribution is -2.37. The van der Waals surface area contributed by atoms with E-state index >= 15 is 0 Å². The summed E-state index contributed by atoms with van der Waals surface area (Å²) in [7, 11) is 1.45. The molecule has 1 aliphatic heterocycles. The molecule has 4 rings (SSSR count). The van der Waals surface area contributed by atoms with Crippen LogP contribution in [0.3, 0.4) is 0 Å². The molecule has 0 radical (unpaired) electrons. The van der Waals surface area contributed by atoms with Crippen molar-refractivity contribution >= 4 is 11.9 Å². The number of methoxy groups -OCH3 is 1. The quantitative estimate of drug-likeness (QED) is 0.607. The van der Waals surface area contributed by atoms with Gasteiger partial charge in [0.05, 0.1) is 35.5 Å². The molecule has 2 N–H and O–H groups in total. The molecule has 0 atom stereocenters. The largest absolute Gasteiger partial charge is 0.380 e. The van der Waals surface area contributed by atoms with Crippen LogP contribution in [0.25, 0.3) is 23.3 Å². The Balaban J connectivity index is 2.09. The number of nitrogens with zero attached hydrogens (tertiary/aromatic N) is 2. The van der Waals surface area contributed by atoms with Gasteiger partial charge in [-0.3, -0.25) is 4.79 Å². The zero-order valence-corrected chi connectivity index (χ0v) is 18.1. The molecule has 0 saturated heterocycles. The van der Waals surface area contributed by atoms with Crippen molar-refractivity contribution in [3.05, 3.63) is 61.4 Å². The van der Waals surface area contributed by atoms with Crippen molar-refractivity contribution in [2.45, 2.75) is 58.5 Å². The molecule has 2 aromatic rings. The molecule has 0 fully saturated rings. The highest BCUT2D eigenvalue weighted by atomic mass is 19.1. The summed E-state index contributed by atoms with van der Waals surface area (Å²) < 4.78 is 20.7. The Labute approximate surface area is 179 Å². The molecule has 1 aliphatic carbocycles. The van der Waals surface area contributed by atoms with Gasteiger partial charge in [0, 0.05) is 29.9 Å². The molecule has 0 aromatic carbocycles. The summed E-state index contributed by atoms with van der Waals surface area (Å²) in [5, 5.41) is 22.1. The fraction of sp³-hybridized carbons (Fsp3) is 0.417. The van der Waals surface area contributed by atoms with Crippen LogP contribution in [0.15, 0.2) is 23.0 Å². The third-order valence-corrected chi connectivity index (χ3v) is 6.39. The van der Waals surface area contributed by atoms with Gasteiger partial charge in [-0.2, -0.15) is 0 Å². The average molecular weight is 426 g/mol. The third-order valence-electron chi connectivity index (χ3n) is 6.39. The molecule has 0 amide bonds. The van der Waals surface area contributed by atoms with Crippen molar-refractivity contribution in [3.8, 4) is 11.4 Å². The summed E-state index contributed by atoms with van der Waals surface area (Å²) in [4.78, 5) is 17.9. The minimum absolute atomic E-state index is 0.00246. The van der Waals surface area contributed by atoms with Crippen LogP contribution in [0.4, 0.5) is 4.39 Å². The molecule has 0 unspecified atom stereocenters. The maximum atomic E-state index is 14.0. The second-order valence-corrected chi connectivity index (χ2v) is 8.32. The molecule has 31 heavy (non-hydrogen) atoms. The van der Waals surface area contributed by atoms with Crippen molar-refractivity contribution in [3.63, 3.8) is 0 Å². The van der Waals surface area contributed by atoms with Crippen LogP contribution in [0.1, 0.15) is 55.4 Å². The number of fused-ring (bicyclic) bond motifs is 5. The van der Waals surface area contributed by atoms with Crippen LogP contribution >= 0.6 is 0 Å². The lowest BCUT2D eigenvalue weighted by Gasteiger charge is -2.24. The zero-order valence-electron chi connectivity index (χ0n) is 18.1. The molecule has 0 bridgehead atoms. The maximum absolute atomic E-state index is 14.0. The van der Waals surface area contributed by atoms with Gasteiger partial charge in [0.2, 0.25) is 0 Å². The van der Waals surface area contributed by atoms with E-state index in [0.29, 0.717) is 24.3 Å². The summed E-state index contributed by atoms with van der Waals surface area (Å²) in [6.07, 6.45) is 2.99. The lowest BCUT2D eigenvalue weighted by atomic mass is 9.87. The third kappa shape index (κ3) is 3.28. The molecule has 0 spiro atoms. The predicted octanol–water partition coefficient (Wildman–Crippen LogP) is 1.74. The molecule has 3 heterocycles. The number of pyridine rings is 2. The van der Waals surface area contributed by atoms with E-state index in [1.165, 1.54) is 7.11 Å². The van der Waals surface area contributed by atoms with E-state index < -0.39 is 5.79 Å². The fourth-order valence-corrected chi connectivity index (χ4v) is 4.79. The zero-order chi connectivity index (χ0) is 22.5. The normalized spacial score (nSPS) is 15.7. The Morgan fingerprint density at radius 3 is 2.74 bits per heavy atom. The molecule has 6 nitrogen and oxygen atoms in total. The Kier molecular flexibility index (Phi) is 5.45. The molecular formula is C24H27FN2O4. The van der Waals surface area contributed by atoms with E-state index in [9.17, 15) is 19.4 Å². The summed E-state index contributed by atoms with van der Waals surface area (Å²) in [6, 6.07) is 1.58. The van der Waals surface area contributed by atoms with E-state index in [1.807, 2.05) is 6.92 Å². The van der Waals surface area contributed by atoms with Gasteiger partial charge in [0.25, 0.3) is 5.56 Å². The van der Waals surface area contributed by atoms with E-state index in [1.54, 1.807) is 17.6 Å². The summed E-state index contributed by atoms with van der Waals surface area (Å²) in [6.45, 7) is 7.85. The average Bonchev–Trinajstić information content (AvgIpc) is 3.13. The van der Waals surface area contributed by atoms with Crippen molar-refractivity contribution in [2.24, 2.45) is 0 Å². The lowest BCUT2D eigenvalue weighted by molar-refractivity contribution is -0.172. The number of hydrogen-bond donors (Lipinski definition) is 2. The summed E-state index contributed by atoms with van der Waals surface area (Å²) >= 11 is 0. The first kappa shape index (κ1) is 21.6. The first-order valence-corrected chi connectivity index (χ1v) is 10.5. The minimum Gasteiger partial charge on any atom is -0.380 e. The van der Waals surface area contributed by atoms with Crippen LogP contribution < -0.4 is 16.1 Å². The van der Waals surface area contributed by atoms with Crippen molar-refractivity contribution in [2.75, 3.05) is 7.11 Å². The Morgan fingerprint density at radius 1 is 1.39 bits per heavy atom. The van der Waals surface area contributed by atoms with Gasteiger partial charge in [-0.15, -0.1) is 0 Å². The van der Waals surface area contributed by atoms with Crippen molar-refractivity contribution < 1.29 is 19.3 Å². The van der Waals surface area contributed by atoms with Crippen LogP contribution in [0, 0.1) is 0 Å². The highest BCUT2D eigenvalue weighted by Gasteiger charge is 2.34. The van der Waals surface area contributed by atoms with E-state index in [2.05, 4.69) is 11.6 Å². The van der Waals surface area contributed by atoms with Crippen LogP contribution in [-0.4, -0.2) is 26.9 Å². The Bertz CT molecular complexity index is 1270. The number of aromatic nitrogens is 2. The molecule has 7 heteroatoms. The SMILES string of the molecule is C=C(C)C1=c2c(c3c(n/c2=C/F)-c2cc(C(O)(O)CC)c(COC)c(=O)n2C3)CCC1. The molecule has 164 valence electrons. The van der Waals surface area contributed by atoms with Gasteiger partial charge in [-0.1, -0.05) is 19.1 Å². The van der Waals surface area contributed by atoms with Crippen molar-refractivity contribution in [1.29, 1.82) is 0 Å². The number of ether oxygens (including phenoxy) is 1. The van der Waals surface area contributed by atoms with Gasteiger partial charge in [0.15, 0.2) is 5.79 Å². The number of aliphatic hydroxyl groups is 2. The minimum atomic E-state index is -2.19. The first-order chi connectivity index (χ1) is 14.7. The molecule has 2 aromatic heterocycles. The molecule has 0 saturated carbocycles. The van der Waals surface area contributed by atoms with E-state index in [0.717, 1.165) is 46.8 Å². The van der Waals surface area contributed by atoms with Gasteiger partial charge < -0.3 is 19.5 Å². The van der Waals surface area contributed by atoms with Gasteiger partial charge in [-0.25, -0.2) is 9.37 Å². The number of rotatable bonds is 5. The number of halogens is 1. The number of allylic oxidation sites excluding steroid dienone is 1. The Hall–Kier alpha value is -2.61. The predicted molar refractivity (Wildman–Crippen MR) is 116 cm³/mol. The smallest absolute Gasteiger partial charge is 0.257 e. The van der Waals surface area contributed by atoms with Gasteiger partial charge >= 0.3 is 0 Å². The number of hydrogen-bond acceptors (Lipinski definition) is 5. The highest BCUT2D eigenvalue weighted by molar-refractivity contribution is 5.71. The maximum Gasteiger partial charge on any atom is 0.257 e. The highest BCUT2D eigenvalue weighted by Crippen LogP contribution is 2.35. The second kappa shape index (κ2) is 7.82. The molecule has 2 aliphatic rings. The Morgan fingerprint density at radius 2 is 2.13 bits per heavy atom. The topological polar surface area (TPSA) is 84.6 Å². The fourth-order valence-electron chi connectivity index (χ4n) is 4.79.